The van der Waals surface area contributed by atoms with Crippen molar-refractivity contribution >= 4 is 16.8 Å². The molecular formula is C21H23N5O2. The number of fused-ring (bicyclic) bond motifs is 3. The summed E-state index contributed by atoms with van der Waals surface area (Å²) in [5, 5.41) is 12.1. The zero-order valence-electron chi connectivity index (χ0n) is 18.3. The second-order valence-corrected chi connectivity index (χ2v) is 7.41. The third kappa shape index (κ3) is 2.96. The van der Waals surface area contributed by atoms with Crippen LogP contribution < -0.4 is 5.32 Å². The molecule has 2 aliphatic heterocycles. The number of morpholine rings is 1. The molecule has 28 heavy (non-hydrogen) atoms. The molecule has 7 heteroatoms. The summed E-state index contributed by atoms with van der Waals surface area (Å²) >= 11 is 0. The van der Waals surface area contributed by atoms with Crippen LogP contribution in [0.1, 0.15) is 27.3 Å². The number of carbonyl (C=O) groups is 1. The van der Waals surface area contributed by atoms with Gasteiger partial charge in [0.05, 0.1) is 24.3 Å². The number of carbonyl (C=O) groups excluding carboxylic acids is 1. The highest BCUT2D eigenvalue weighted by Gasteiger charge is 2.37. The van der Waals surface area contributed by atoms with Crippen molar-refractivity contribution in [1.82, 2.24) is 25.0 Å². The molecule has 7 nitrogen and oxygen atoms in total. The number of nitrogens with one attached hydrogen (secondary N) is 1. The Labute approximate surface area is 167 Å². The van der Waals surface area contributed by atoms with Gasteiger partial charge in [0, 0.05) is 40.0 Å². The number of likely N-dealkylation sites (N-methyl/N-ethyl adjacent to an activating group) is 1. The predicted octanol–water partition coefficient (Wildman–Crippen LogP) is 2.01. The molecule has 0 saturated carbocycles. The van der Waals surface area contributed by atoms with Crippen LogP contribution in [0.25, 0.3) is 16.7 Å². The molecule has 2 aromatic heterocycles. The summed E-state index contributed by atoms with van der Waals surface area (Å²) in [6, 6.07) is 10.7. The Morgan fingerprint density at radius 3 is 2.79 bits per heavy atom. The Bertz CT molecular complexity index is 1090. The Hall–Kier alpha value is -2.77. The number of ether oxygens (including phenoxy) is 1. The fourth-order valence-corrected chi connectivity index (χ4v) is 4.27. The van der Waals surface area contributed by atoms with Crippen molar-refractivity contribution in [3.8, 4) is 5.82 Å². The summed E-state index contributed by atoms with van der Waals surface area (Å²) in [4.78, 5) is 14.8. The van der Waals surface area contributed by atoms with Crippen molar-refractivity contribution in [2.45, 2.75) is 31.0 Å². The van der Waals surface area contributed by atoms with Gasteiger partial charge in [-0.3, -0.25) is 14.3 Å². The maximum atomic E-state index is 13.3. The lowest BCUT2D eigenvalue weighted by atomic mass is 9.90. The fraction of sp³-hybridized carbons (Fsp3) is 0.381. The number of benzene rings is 1. The predicted molar refractivity (Wildman–Crippen MR) is 106 cm³/mol. The lowest BCUT2D eigenvalue weighted by Gasteiger charge is -2.46. The average molecular weight is 380 g/mol. The second kappa shape index (κ2) is 7.00. The molecule has 3 atom stereocenters. The lowest BCUT2D eigenvalue weighted by Crippen LogP contribution is -2.59. The molecule has 0 spiro atoms. The first-order valence-corrected chi connectivity index (χ1v) is 9.47. The van der Waals surface area contributed by atoms with Crippen molar-refractivity contribution in [2.75, 3.05) is 20.2 Å². The van der Waals surface area contributed by atoms with Gasteiger partial charge in [-0.25, -0.2) is 0 Å². The summed E-state index contributed by atoms with van der Waals surface area (Å²) < 4.78 is 31.0. The molecule has 5 rings (SSSR count). The number of hydrogen-bond donors (Lipinski definition) is 1. The van der Waals surface area contributed by atoms with E-state index in [1.807, 2.05) is 34.9 Å². The quantitative estimate of drug-likeness (QED) is 0.753. The van der Waals surface area contributed by atoms with E-state index in [0.29, 0.717) is 37.4 Å². The highest BCUT2D eigenvalue weighted by atomic mass is 16.5. The number of nitrogens with zero attached hydrogens (tertiary/aromatic N) is 4. The van der Waals surface area contributed by atoms with Crippen LogP contribution in [0.3, 0.4) is 0 Å². The van der Waals surface area contributed by atoms with Crippen LogP contribution in [-0.4, -0.2) is 63.9 Å². The van der Waals surface area contributed by atoms with Crippen molar-refractivity contribution in [3.63, 3.8) is 0 Å². The van der Waals surface area contributed by atoms with E-state index < -0.39 is 6.98 Å². The van der Waals surface area contributed by atoms with E-state index >= 15 is 0 Å². The van der Waals surface area contributed by atoms with E-state index in [1.54, 1.807) is 23.4 Å². The van der Waals surface area contributed by atoms with Gasteiger partial charge in [-0.15, -0.1) is 5.10 Å². The van der Waals surface area contributed by atoms with Crippen molar-refractivity contribution in [3.05, 3.63) is 54.4 Å². The molecule has 1 amide bonds. The van der Waals surface area contributed by atoms with Gasteiger partial charge in [0.1, 0.15) is 0 Å². The van der Waals surface area contributed by atoms with Crippen LogP contribution in [0.5, 0.6) is 0 Å². The molecule has 1 N–H and O–H groups in total. The Kier molecular flexibility index (Phi) is 3.56. The van der Waals surface area contributed by atoms with Crippen LogP contribution in [0.15, 0.2) is 48.8 Å². The van der Waals surface area contributed by atoms with Gasteiger partial charge in [-0.1, -0.05) is 18.2 Å². The highest BCUT2D eigenvalue weighted by molar-refractivity contribution is 6.07. The highest BCUT2D eigenvalue weighted by Crippen LogP contribution is 2.28. The molecule has 2 saturated heterocycles. The zero-order chi connectivity index (χ0) is 21.6. The topological polar surface area (TPSA) is 72.3 Å². The maximum Gasteiger partial charge on any atom is 0.253 e. The molecule has 4 heterocycles. The van der Waals surface area contributed by atoms with Gasteiger partial charge >= 0.3 is 0 Å². The van der Waals surface area contributed by atoms with Gasteiger partial charge in [-0.05, 0) is 38.0 Å². The second-order valence-electron chi connectivity index (χ2n) is 7.41. The van der Waals surface area contributed by atoms with E-state index in [2.05, 4.69) is 15.5 Å². The largest absolute Gasteiger partial charge is 0.378 e. The van der Waals surface area contributed by atoms with E-state index in [9.17, 15) is 4.79 Å². The van der Waals surface area contributed by atoms with Crippen LogP contribution in [0, 0.1) is 0 Å². The summed E-state index contributed by atoms with van der Waals surface area (Å²) in [7, 11) is 0. The van der Waals surface area contributed by atoms with Crippen molar-refractivity contribution < 1.29 is 13.6 Å². The van der Waals surface area contributed by atoms with Crippen LogP contribution in [0.2, 0.25) is 0 Å². The summed E-state index contributed by atoms with van der Waals surface area (Å²) in [6.07, 6.45) is 4.48. The Morgan fingerprint density at radius 1 is 1.21 bits per heavy atom. The molecule has 1 aromatic carbocycles. The third-order valence-electron chi connectivity index (χ3n) is 5.62. The minimum absolute atomic E-state index is 0.108. The SMILES string of the molecule is [2H]C([2H])([2H])N1[C@@H]2COC[C@H]1C[C@@H](NC(=O)c1cn(-c3cccnn3)c3ccccc13)C2. The first-order chi connectivity index (χ1) is 14.9. The molecule has 2 fully saturated rings. The molecule has 0 aliphatic carbocycles. The maximum absolute atomic E-state index is 13.3. The monoisotopic (exact) mass is 380 g/mol. The van der Waals surface area contributed by atoms with Crippen molar-refractivity contribution in [2.24, 2.45) is 0 Å². The van der Waals surface area contributed by atoms with Gasteiger partial charge in [0.2, 0.25) is 0 Å². The van der Waals surface area contributed by atoms with Gasteiger partial charge in [0.25, 0.3) is 5.91 Å². The number of hydrogen-bond acceptors (Lipinski definition) is 5. The van der Waals surface area contributed by atoms with Gasteiger partial charge in [-0.2, -0.15) is 5.10 Å². The standard InChI is InChI=1S/C21H23N5O2/c1-25-15-9-14(10-16(25)13-28-12-15)23-21(27)18-11-26(20-7-4-8-22-24-20)19-6-3-2-5-17(18)19/h2-8,11,14-16H,9-10,12-13H2,1H3,(H,23,27)/t14-,15-,16+/i1D3. The number of piperidine rings is 1. The molecule has 3 aromatic rings. The number of rotatable bonds is 3. The van der Waals surface area contributed by atoms with E-state index in [0.717, 1.165) is 10.9 Å². The van der Waals surface area contributed by atoms with Gasteiger partial charge in [0.15, 0.2) is 5.82 Å². The Morgan fingerprint density at radius 2 is 2.04 bits per heavy atom. The van der Waals surface area contributed by atoms with Gasteiger partial charge < -0.3 is 10.1 Å². The number of amides is 1. The molecule has 0 radical (unpaired) electrons. The summed E-state index contributed by atoms with van der Waals surface area (Å²) in [6.45, 7) is -1.42. The first kappa shape index (κ1) is 14.3. The Balaban J connectivity index is 1.41. The van der Waals surface area contributed by atoms with E-state index in [-0.39, 0.29) is 24.0 Å². The minimum Gasteiger partial charge on any atom is -0.378 e. The molecule has 144 valence electrons. The first-order valence-electron chi connectivity index (χ1n) is 11.0. The molecule has 0 unspecified atom stereocenters. The van der Waals surface area contributed by atoms with E-state index in [1.165, 1.54) is 0 Å². The van der Waals surface area contributed by atoms with Crippen molar-refractivity contribution in [1.29, 1.82) is 0 Å². The molecular weight excluding hydrogens is 354 g/mol. The average Bonchev–Trinajstić information content (AvgIpc) is 3.13. The normalized spacial score (nSPS) is 27.0. The van der Waals surface area contributed by atoms with Crippen LogP contribution in [-0.2, 0) is 4.74 Å². The van der Waals surface area contributed by atoms with E-state index in [4.69, 9.17) is 8.85 Å². The summed E-state index contributed by atoms with van der Waals surface area (Å²) in [5.41, 5.74) is 1.43. The van der Waals surface area contributed by atoms with Crippen LogP contribution >= 0.6 is 0 Å². The number of aromatic nitrogens is 3. The zero-order valence-corrected chi connectivity index (χ0v) is 15.3. The third-order valence-corrected chi connectivity index (χ3v) is 5.62. The minimum atomic E-state index is -2.15. The molecule has 2 aliphatic rings. The smallest absolute Gasteiger partial charge is 0.253 e. The lowest BCUT2D eigenvalue weighted by molar-refractivity contribution is -0.0670. The number of para-hydroxylation sites is 1. The van der Waals surface area contributed by atoms with Crippen LogP contribution in [0.4, 0.5) is 0 Å². The summed E-state index contributed by atoms with van der Waals surface area (Å²) in [5.74, 6) is 0.459. The fourth-order valence-electron chi connectivity index (χ4n) is 4.27. The molecule has 2 bridgehead atoms.